The van der Waals surface area contributed by atoms with Crippen molar-refractivity contribution in [2.45, 2.75) is 52.6 Å². The molecule has 1 saturated heterocycles. The fourth-order valence-electron chi connectivity index (χ4n) is 4.57. The van der Waals surface area contributed by atoms with Gasteiger partial charge in [0, 0.05) is 19.1 Å². The number of nitrogens with zero attached hydrogens (tertiary/aromatic N) is 1. The number of urea groups is 1. The molecule has 3 nitrogen and oxygen atoms in total. The van der Waals surface area contributed by atoms with Crippen LogP contribution in [0.2, 0.25) is 0 Å². The Labute approximate surface area is 127 Å². The quantitative estimate of drug-likeness (QED) is 0.881. The molecule has 1 aliphatic carbocycles. The third-order valence-corrected chi connectivity index (χ3v) is 4.96. The Hall–Kier alpha value is -1.51. The van der Waals surface area contributed by atoms with E-state index in [9.17, 15) is 4.79 Å². The number of hydrogen-bond donors (Lipinski definition) is 1. The van der Waals surface area contributed by atoms with Gasteiger partial charge >= 0.3 is 6.03 Å². The summed E-state index contributed by atoms with van der Waals surface area (Å²) in [5.41, 5.74) is 1.81. The minimum absolute atomic E-state index is 0.102. The van der Waals surface area contributed by atoms with Gasteiger partial charge in [-0.3, -0.25) is 0 Å². The lowest BCUT2D eigenvalue weighted by molar-refractivity contribution is 0.129. The zero-order valence-corrected chi connectivity index (χ0v) is 13.4. The second-order valence-electron chi connectivity index (χ2n) is 7.99. The van der Waals surface area contributed by atoms with E-state index in [4.69, 9.17) is 0 Å². The predicted octanol–water partition coefficient (Wildman–Crippen LogP) is 3.80. The fourth-order valence-corrected chi connectivity index (χ4v) is 4.57. The van der Waals surface area contributed by atoms with Crippen LogP contribution < -0.4 is 5.32 Å². The van der Waals surface area contributed by atoms with Crippen LogP contribution in [0.25, 0.3) is 0 Å². The lowest BCUT2D eigenvalue weighted by Crippen LogP contribution is -2.43. The minimum Gasteiger partial charge on any atom is -0.334 e. The monoisotopic (exact) mass is 286 g/mol. The van der Waals surface area contributed by atoms with Crippen molar-refractivity contribution in [3.05, 3.63) is 35.9 Å². The van der Waals surface area contributed by atoms with Crippen molar-refractivity contribution < 1.29 is 4.79 Å². The summed E-state index contributed by atoms with van der Waals surface area (Å²) in [5.74, 6) is 0. The number of benzene rings is 1. The summed E-state index contributed by atoms with van der Waals surface area (Å²) in [6, 6.07) is 10.6. The van der Waals surface area contributed by atoms with Gasteiger partial charge in [-0.05, 0) is 35.7 Å². The number of rotatable bonds is 2. The third kappa shape index (κ3) is 3.07. The Kier molecular flexibility index (Phi) is 3.46. The van der Waals surface area contributed by atoms with E-state index in [1.54, 1.807) is 0 Å². The highest BCUT2D eigenvalue weighted by molar-refractivity contribution is 5.75. The third-order valence-electron chi connectivity index (χ3n) is 4.96. The van der Waals surface area contributed by atoms with Gasteiger partial charge < -0.3 is 10.2 Å². The molecule has 2 unspecified atom stereocenters. The van der Waals surface area contributed by atoms with Gasteiger partial charge in [0.05, 0.1) is 0 Å². The summed E-state index contributed by atoms with van der Waals surface area (Å²) in [5, 5.41) is 3.09. The van der Waals surface area contributed by atoms with Crippen LogP contribution in [0.4, 0.5) is 4.79 Å². The van der Waals surface area contributed by atoms with Crippen molar-refractivity contribution in [3.8, 4) is 0 Å². The van der Waals surface area contributed by atoms with E-state index in [1.807, 2.05) is 30.3 Å². The van der Waals surface area contributed by atoms with Crippen molar-refractivity contribution >= 4 is 6.03 Å². The maximum Gasteiger partial charge on any atom is 0.317 e. The first-order valence-corrected chi connectivity index (χ1v) is 7.95. The first-order valence-electron chi connectivity index (χ1n) is 7.95. The van der Waals surface area contributed by atoms with Gasteiger partial charge in [0.1, 0.15) is 0 Å². The van der Waals surface area contributed by atoms with Gasteiger partial charge in [0.25, 0.3) is 0 Å². The molecule has 2 aliphatic rings. The molecule has 114 valence electrons. The van der Waals surface area contributed by atoms with Gasteiger partial charge in [-0.1, -0.05) is 51.1 Å². The van der Waals surface area contributed by atoms with Gasteiger partial charge in [-0.2, -0.15) is 0 Å². The van der Waals surface area contributed by atoms with Crippen LogP contribution in [0.3, 0.4) is 0 Å². The molecule has 1 saturated carbocycles. The highest BCUT2D eigenvalue weighted by atomic mass is 16.2. The second-order valence-corrected chi connectivity index (χ2v) is 7.99. The molecule has 2 bridgehead atoms. The van der Waals surface area contributed by atoms with Crippen molar-refractivity contribution in [2.75, 3.05) is 6.54 Å². The summed E-state index contributed by atoms with van der Waals surface area (Å²) < 4.78 is 0. The lowest BCUT2D eigenvalue weighted by atomic mass is 9.65. The number of hydrogen-bond acceptors (Lipinski definition) is 1. The summed E-state index contributed by atoms with van der Waals surface area (Å²) in [7, 11) is 0. The second kappa shape index (κ2) is 5.04. The number of fused-ring (bicyclic) bond motifs is 2. The van der Waals surface area contributed by atoms with Crippen LogP contribution >= 0.6 is 0 Å². The molecule has 1 aromatic carbocycles. The number of nitrogens with one attached hydrogen (secondary N) is 1. The zero-order chi connectivity index (χ0) is 15.1. The molecule has 3 rings (SSSR count). The van der Waals surface area contributed by atoms with E-state index in [-0.39, 0.29) is 6.03 Å². The molecular formula is C18H26N2O. The molecule has 1 heterocycles. The van der Waals surface area contributed by atoms with E-state index in [0.717, 1.165) is 24.9 Å². The largest absolute Gasteiger partial charge is 0.334 e. The maximum absolute atomic E-state index is 12.5. The molecule has 21 heavy (non-hydrogen) atoms. The average molecular weight is 286 g/mol. The van der Waals surface area contributed by atoms with Crippen LogP contribution in [0, 0.1) is 10.8 Å². The van der Waals surface area contributed by atoms with E-state index in [2.05, 4.69) is 31.0 Å². The summed E-state index contributed by atoms with van der Waals surface area (Å²) in [4.78, 5) is 14.6. The van der Waals surface area contributed by atoms with Crippen molar-refractivity contribution in [1.29, 1.82) is 0 Å². The first kappa shape index (κ1) is 14.4. The fraction of sp³-hybridized carbons (Fsp3) is 0.611. The molecule has 2 atom stereocenters. The molecule has 1 aliphatic heterocycles. The highest BCUT2D eigenvalue weighted by Crippen LogP contribution is 2.52. The summed E-state index contributed by atoms with van der Waals surface area (Å²) in [6.07, 6.45) is 3.51. The molecular weight excluding hydrogens is 260 g/mol. The van der Waals surface area contributed by atoms with Crippen LogP contribution in [0.5, 0.6) is 0 Å². The first-order chi connectivity index (χ1) is 9.87. The van der Waals surface area contributed by atoms with Crippen molar-refractivity contribution in [3.63, 3.8) is 0 Å². The van der Waals surface area contributed by atoms with Gasteiger partial charge in [-0.15, -0.1) is 0 Å². The molecule has 0 spiro atoms. The SMILES string of the molecule is CC1(C)CC2CC(C)(CN2C(=O)NCc2ccccc2)C1. The standard InChI is InChI=1S/C18H26N2O/c1-17(2)9-15-10-18(3,12-17)13-20(15)16(21)19-11-14-7-5-4-6-8-14/h4-8,15H,9-13H2,1-3H3,(H,19,21). The topological polar surface area (TPSA) is 32.3 Å². The average Bonchev–Trinajstić information content (AvgIpc) is 2.66. The van der Waals surface area contributed by atoms with E-state index in [1.165, 1.54) is 6.42 Å². The van der Waals surface area contributed by atoms with E-state index in [0.29, 0.717) is 23.4 Å². The Balaban J connectivity index is 1.64. The Morgan fingerprint density at radius 2 is 1.95 bits per heavy atom. The number of carbonyl (C=O) groups is 1. The molecule has 1 aromatic rings. The Morgan fingerprint density at radius 3 is 2.67 bits per heavy atom. The maximum atomic E-state index is 12.5. The molecule has 1 N–H and O–H groups in total. The van der Waals surface area contributed by atoms with E-state index >= 15 is 0 Å². The zero-order valence-electron chi connectivity index (χ0n) is 13.4. The summed E-state index contributed by atoms with van der Waals surface area (Å²) in [6.45, 7) is 8.53. The van der Waals surface area contributed by atoms with Crippen LogP contribution in [0.15, 0.2) is 30.3 Å². The number of carbonyl (C=O) groups excluding carboxylic acids is 1. The normalized spacial score (nSPS) is 30.2. The van der Waals surface area contributed by atoms with Gasteiger partial charge in [-0.25, -0.2) is 4.79 Å². The molecule has 0 radical (unpaired) electrons. The van der Waals surface area contributed by atoms with Crippen molar-refractivity contribution in [2.24, 2.45) is 10.8 Å². The van der Waals surface area contributed by atoms with Crippen molar-refractivity contribution in [1.82, 2.24) is 10.2 Å². The van der Waals surface area contributed by atoms with Crippen LogP contribution in [-0.2, 0) is 6.54 Å². The predicted molar refractivity (Wildman–Crippen MR) is 84.9 cm³/mol. The Morgan fingerprint density at radius 1 is 1.24 bits per heavy atom. The van der Waals surface area contributed by atoms with E-state index < -0.39 is 0 Å². The number of amides is 2. The minimum atomic E-state index is 0.102. The molecule has 2 amide bonds. The van der Waals surface area contributed by atoms with Gasteiger partial charge in [0.15, 0.2) is 0 Å². The highest BCUT2D eigenvalue weighted by Gasteiger charge is 2.50. The lowest BCUT2D eigenvalue weighted by Gasteiger charge is -2.39. The molecule has 2 fully saturated rings. The molecule has 3 heteroatoms. The van der Waals surface area contributed by atoms with Crippen LogP contribution in [0.1, 0.15) is 45.6 Å². The van der Waals surface area contributed by atoms with Crippen LogP contribution in [-0.4, -0.2) is 23.5 Å². The summed E-state index contributed by atoms with van der Waals surface area (Å²) >= 11 is 0. The number of likely N-dealkylation sites (tertiary alicyclic amines) is 1. The smallest absolute Gasteiger partial charge is 0.317 e. The van der Waals surface area contributed by atoms with Gasteiger partial charge in [0.2, 0.25) is 0 Å². The Bertz CT molecular complexity index is 525. The molecule has 0 aromatic heterocycles.